The molecule has 0 fully saturated rings. The first-order valence-corrected chi connectivity index (χ1v) is 5.33. The van der Waals surface area contributed by atoms with Gasteiger partial charge in [-0.3, -0.25) is 4.98 Å². The molecule has 0 saturated heterocycles. The second kappa shape index (κ2) is 4.83. The number of benzene rings is 1. The standard InChI is InChI=1S/C13H12N2O3/c1-8-7-9(3-4-10(8)18-2)11-12(13(16)17)15-6-5-14-11/h3-7H,1-2H3,(H,16,17). The van der Waals surface area contributed by atoms with Crippen LogP contribution in [-0.4, -0.2) is 28.2 Å². The van der Waals surface area contributed by atoms with Crippen LogP contribution in [0.3, 0.4) is 0 Å². The summed E-state index contributed by atoms with van der Waals surface area (Å²) in [6.07, 6.45) is 2.84. The molecule has 0 spiro atoms. The van der Waals surface area contributed by atoms with Crippen LogP contribution in [-0.2, 0) is 0 Å². The molecule has 0 aliphatic rings. The summed E-state index contributed by atoms with van der Waals surface area (Å²) >= 11 is 0. The fourth-order valence-corrected chi connectivity index (χ4v) is 1.73. The van der Waals surface area contributed by atoms with Crippen molar-refractivity contribution >= 4 is 5.97 Å². The molecule has 0 unspecified atom stereocenters. The molecule has 18 heavy (non-hydrogen) atoms. The number of hydrogen-bond acceptors (Lipinski definition) is 4. The van der Waals surface area contributed by atoms with E-state index in [4.69, 9.17) is 9.84 Å². The second-order valence-corrected chi connectivity index (χ2v) is 3.74. The summed E-state index contributed by atoms with van der Waals surface area (Å²) in [7, 11) is 1.59. The van der Waals surface area contributed by atoms with Gasteiger partial charge in [0.2, 0.25) is 0 Å². The van der Waals surface area contributed by atoms with E-state index in [2.05, 4.69) is 9.97 Å². The molecule has 0 amide bonds. The number of carboxylic acid groups (broad SMARTS) is 1. The third kappa shape index (κ3) is 2.15. The van der Waals surface area contributed by atoms with Crippen LogP contribution in [0.15, 0.2) is 30.6 Å². The van der Waals surface area contributed by atoms with Crippen molar-refractivity contribution < 1.29 is 14.6 Å². The average molecular weight is 244 g/mol. The van der Waals surface area contributed by atoms with E-state index in [9.17, 15) is 4.79 Å². The lowest BCUT2D eigenvalue weighted by atomic mass is 10.1. The normalized spacial score (nSPS) is 10.1. The lowest BCUT2D eigenvalue weighted by Crippen LogP contribution is -2.04. The maximum atomic E-state index is 11.1. The molecule has 0 aliphatic heterocycles. The summed E-state index contributed by atoms with van der Waals surface area (Å²) < 4.78 is 5.16. The Hall–Kier alpha value is -2.43. The zero-order valence-electron chi connectivity index (χ0n) is 10.0. The van der Waals surface area contributed by atoms with E-state index in [1.54, 1.807) is 19.2 Å². The number of methoxy groups -OCH3 is 1. The smallest absolute Gasteiger partial charge is 0.356 e. The van der Waals surface area contributed by atoms with Gasteiger partial charge in [-0.25, -0.2) is 9.78 Å². The van der Waals surface area contributed by atoms with E-state index < -0.39 is 5.97 Å². The van der Waals surface area contributed by atoms with Gasteiger partial charge >= 0.3 is 5.97 Å². The van der Waals surface area contributed by atoms with Crippen molar-refractivity contribution in [1.82, 2.24) is 9.97 Å². The third-order valence-corrected chi connectivity index (χ3v) is 2.57. The summed E-state index contributed by atoms with van der Waals surface area (Å²) in [5, 5.41) is 9.07. The van der Waals surface area contributed by atoms with Gasteiger partial charge in [0.15, 0.2) is 5.69 Å². The minimum absolute atomic E-state index is 0.0536. The zero-order chi connectivity index (χ0) is 13.1. The van der Waals surface area contributed by atoms with Gasteiger partial charge in [-0.2, -0.15) is 0 Å². The van der Waals surface area contributed by atoms with E-state index in [-0.39, 0.29) is 5.69 Å². The lowest BCUT2D eigenvalue weighted by molar-refractivity contribution is 0.0691. The highest BCUT2D eigenvalue weighted by molar-refractivity contribution is 5.92. The van der Waals surface area contributed by atoms with E-state index >= 15 is 0 Å². The molecule has 92 valence electrons. The van der Waals surface area contributed by atoms with Crippen LogP contribution in [0.5, 0.6) is 5.75 Å². The summed E-state index contributed by atoms with van der Waals surface area (Å²) in [5.74, 6) is -0.342. The molecule has 1 heterocycles. The van der Waals surface area contributed by atoms with Crippen LogP contribution in [0.25, 0.3) is 11.3 Å². The molecular weight excluding hydrogens is 232 g/mol. The summed E-state index contributed by atoms with van der Waals surface area (Å²) in [4.78, 5) is 19.0. The molecular formula is C13H12N2O3. The average Bonchev–Trinajstić information content (AvgIpc) is 2.38. The van der Waals surface area contributed by atoms with Gasteiger partial charge in [-0.05, 0) is 30.7 Å². The van der Waals surface area contributed by atoms with Crippen LogP contribution in [0.1, 0.15) is 16.1 Å². The van der Waals surface area contributed by atoms with Crippen LogP contribution in [0, 0.1) is 6.92 Å². The molecule has 0 saturated carbocycles. The van der Waals surface area contributed by atoms with Crippen molar-refractivity contribution in [2.24, 2.45) is 0 Å². The minimum Gasteiger partial charge on any atom is -0.496 e. The first kappa shape index (κ1) is 12.0. The van der Waals surface area contributed by atoms with Gasteiger partial charge in [-0.1, -0.05) is 0 Å². The Morgan fingerprint density at radius 2 is 2.00 bits per heavy atom. The first-order valence-electron chi connectivity index (χ1n) is 5.33. The Balaban J connectivity index is 2.55. The van der Waals surface area contributed by atoms with E-state index in [0.717, 1.165) is 11.3 Å². The molecule has 0 atom stereocenters. The molecule has 5 heteroatoms. The maximum absolute atomic E-state index is 11.1. The Morgan fingerprint density at radius 1 is 1.28 bits per heavy atom. The molecule has 1 aromatic carbocycles. The highest BCUT2D eigenvalue weighted by Gasteiger charge is 2.14. The van der Waals surface area contributed by atoms with Gasteiger partial charge in [0.05, 0.1) is 7.11 Å². The van der Waals surface area contributed by atoms with Gasteiger partial charge in [0.1, 0.15) is 11.4 Å². The molecule has 0 radical (unpaired) electrons. The summed E-state index contributed by atoms with van der Waals surface area (Å²) in [6, 6.07) is 5.38. The predicted octanol–water partition coefficient (Wildman–Crippen LogP) is 2.16. The number of hydrogen-bond donors (Lipinski definition) is 1. The van der Waals surface area contributed by atoms with Gasteiger partial charge < -0.3 is 9.84 Å². The lowest BCUT2D eigenvalue weighted by Gasteiger charge is -2.08. The number of aryl methyl sites for hydroxylation is 1. The summed E-state index contributed by atoms with van der Waals surface area (Å²) in [5.41, 5.74) is 1.92. The third-order valence-electron chi connectivity index (χ3n) is 2.57. The van der Waals surface area contributed by atoms with Crippen molar-refractivity contribution in [2.45, 2.75) is 6.92 Å². The monoisotopic (exact) mass is 244 g/mol. The molecule has 2 aromatic rings. The number of aromatic carboxylic acids is 1. The quantitative estimate of drug-likeness (QED) is 0.895. The maximum Gasteiger partial charge on any atom is 0.356 e. The fraction of sp³-hybridized carbons (Fsp3) is 0.154. The molecule has 1 aromatic heterocycles. The van der Waals surface area contributed by atoms with E-state index in [1.165, 1.54) is 12.4 Å². The van der Waals surface area contributed by atoms with E-state index in [1.807, 2.05) is 13.0 Å². The number of aromatic nitrogens is 2. The van der Waals surface area contributed by atoms with Crippen molar-refractivity contribution in [3.63, 3.8) is 0 Å². The Bertz CT molecular complexity index is 597. The van der Waals surface area contributed by atoms with Crippen molar-refractivity contribution in [3.05, 3.63) is 41.9 Å². The molecule has 0 bridgehead atoms. The number of carboxylic acids is 1. The van der Waals surface area contributed by atoms with Crippen molar-refractivity contribution in [1.29, 1.82) is 0 Å². The highest BCUT2D eigenvalue weighted by atomic mass is 16.5. The van der Waals surface area contributed by atoms with Gasteiger partial charge in [0, 0.05) is 18.0 Å². The van der Waals surface area contributed by atoms with Gasteiger partial charge in [0.25, 0.3) is 0 Å². The van der Waals surface area contributed by atoms with E-state index in [0.29, 0.717) is 11.3 Å². The van der Waals surface area contributed by atoms with Crippen molar-refractivity contribution in [2.75, 3.05) is 7.11 Å². The van der Waals surface area contributed by atoms with Crippen LogP contribution < -0.4 is 4.74 Å². The van der Waals surface area contributed by atoms with Gasteiger partial charge in [-0.15, -0.1) is 0 Å². The highest BCUT2D eigenvalue weighted by Crippen LogP contribution is 2.26. The Labute approximate surface area is 104 Å². The van der Waals surface area contributed by atoms with Crippen LogP contribution in [0.2, 0.25) is 0 Å². The van der Waals surface area contributed by atoms with Crippen LogP contribution in [0.4, 0.5) is 0 Å². The summed E-state index contributed by atoms with van der Waals surface area (Å²) in [6.45, 7) is 1.89. The molecule has 5 nitrogen and oxygen atoms in total. The number of nitrogens with zero attached hydrogens (tertiary/aromatic N) is 2. The first-order chi connectivity index (χ1) is 8.63. The largest absolute Gasteiger partial charge is 0.496 e. The number of carbonyl (C=O) groups is 1. The molecule has 1 N–H and O–H groups in total. The molecule has 2 rings (SSSR count). The minimum atomic E-state index is -1.09. The Kier molecular flexibility index (Phi) is 3.23. The fourth-order valence-electron chi connectivity index (χ4n) is 1.73. The number of rotatable bonds is 3. The van der Waals surface area contributed by atoms with Crippen LogP contribution >= 0.6 is 0 Å². The predicted molar refractivity (Wildman–Crippen MR) is 65.7 cm³/mol. The second-order valence-electron chi connectivity index (χ2n) is 3.74. The topological polar surface area (TPSA) is 72.3 Å². The van der Waals surface area contributed by atoms with Crippen molar-refractivity contribution in [3.8, 4) is 17.0 Å². The SMILES string of the molecule is COc1ccc(-c2nccnc2C(=O)O)cc1C. The number of ether oxygens (including phenoxy) is 1. The molecule has 0 aliphatic carbocycles. The Morgan fingerprint density at radius 3 is 2.61 bits per heavy atom. The zero-order valence-corrected chi connectivity index (χ0v) is 10.0.